The molecular weight excluding hydrogens is 328 g/mol. The Morgan fingerprint density at radius 1 is 0.885 bits per heavy atom. The summed E-state index contributed by atoms with van der Waals surface area (Å²) in [7, 11) is 0. The molecule has 0 N–H and O–H groups in total. The van der Waals surface area contributed by atoms with Crippen molar-refractivity contribution in [2.75, 3.05) is 13.2 Å². The number of fused-ring (bicyclic) bond motifs is 1. The van der Waals surface area contributed by atoms with Crippen LogP contribution in [0.3, 0.4) is 0 Å². The van der Waals surface area contributed by atoms with Crippen LogP contribution in [-0.4, -0.2) is 25.0 Å². The number of esters is 1. The molecule has 0 heterocycles. The number of carbonyl (C=O) groups excluding carboxylic acids is 2. The highest BCUT2D eigenvalue weighted by Crippen LogP contribution is 2.17. The summed E-state index contributed by atoms with van der Waals surface area (Å²) < 4.78 is 10.6. The highest BCUT2D eigenvalue weighted by Gasteiger charge is 2.11. The molecule has 3 rings (SSSR count). The number of carbonyl (C=O) groups is 2. The Labute approximate surface area is 152 Å². The highest BCUT2D eigenvalue weighted by molar-refractivity contribution is 6.01. The van der Waals surface area contributed by atoms with Gasteiger partial charge in [-0.05, 0) is 35.4 Å². The van der Waals surface area contributed by atoms with Crippen molar-refractivity contribution in [1.29, 1.82) is 0 Å². The molecule has 0 fully saturated rings. The molecule has 0 atom stereocenters. The first kappa shape index (κ1) is 17.7. The average molecular weight is 348 g/mol. The minimum atomic E-state index is -0.451. The van der Waals surface area contributed by atoms with Gasteiger partial charge >= 0.3 is 5.97 Å². The van der Waals surface area contributed by atoms with Crippen molar-refractivity contribution in [3.8, 4) is 5.75 Å². The van der Waals surface area contributed by atoms with Gasteiger partial charge in [-0.1, -0.05) is 54.6 Å². The fraction of sp³-hybridized carbons (Fsp3) is 0.182. The van der Waals surface area contributed by atoms with Gasteiger partial charge in [-0.3, -0.25) is 9.59 Å². The second-order valence-corrected chi connectivity index (χ2v) is 6.01. The van der Waals surface area contributed by atoms with Crippen LogP contribution in [0.25, 0.3) is 10.8 Å². The maximum Gasteiger partial charge on any atom is 0.309 e. The summed E-state index contributed by atoms with van der Waals surface area (Å²) in [6.07, 6.45) is 0.0966. The molecule has 0 aromatic heterocycles. The van der Waals surface area contributed by atoms with Crippen LogP contribution >= 0.6 is 0 Å². The van der Waals surface area contributed by atoms with E-state index in [9.17, 15) is 9.59 Å². The van der Waals surface area contributed by atoms with Gasteiger partial charge in [0.15, 0.2) is 12.4 Å². The van der Waals surface area contributed by atoms with E-state index in [-0.39, 0.29) is 25.4 Å². The van der Waals surface area contributed by atoms with Gasteiger partial charge in [0.05, 0.1) is 13.0 Å². The quantitative estimate of drug-likeness (QED) is 0.471. The van der Waals surface area contributed by atoms with Crippen molar-refractivity contribution in [1.82, 2.24) is 0 Å². The van der Waals surface area contributed by atoms with Crippen molar-refractivity contribution >= 4 is 22.5 Å². The topological polar surface area (TPSA) is 52.6 Å². The molecule has 4 heteroatoms. The minimum Gasteiger partial charge on any atom is -0.493 e. The average Bonchev–Trinajstić information content (AvgIpc) is 2.67. The van der Waals surface area contributed by atoms with E-state index >= 15 is 0 Å². The Kier molecular flexibility index (Phi) is 5.64. The normalized spacial score (nSPS) is 10.5. The third-order valence-electron chi connectivity index (χ3n) is 4.09. The number of ketones is 1. The molecule has 132 valence electrons. The zero-order chi connectivity index (χ0) is 18.4. The smallest absolute Gasteiger partial charge is 0.309 e. The number of para-hydroxylation sites is 1. The van der Waals surface area contributed by atoms with E-state index in [4.69, 9.17) is 9.47 Å². The number of hydrogen-bond acceptors (Lipinski definition) is 4. The predicted octanol–water partition coefficient (Wildman–Crippen LogP) is 4.34. The molecule has 0 aliphatic heterocycles. The Balaban J connectivity index is 1.47. The van der Waals surface area contributed by atoms with E-state index in [1.807, 2.05) is 67.6 Å². The van der Waals surface area contributed by atoms with E-state index in [1.54, 1.807) is 6.07 Å². The number of hydrogen-bond donors (Lipinski definition) is 0. The maximum absolute atomic E-state index is 12.2. The minimum absolute atomic E-state index is 0.0966. The molecule has 0 amide bonds. The number of ether oxygens (including phenoxy) is 2. The lowest BCUT2D eigenvalue weighted by Crippen LogP contribution is -2.16. The molecule has 0 aliphatic rings. The van der Waals surface area contributed by atoms with Gasteiger partial charge in [0, 0.05) is 5.56 Å². The SMILES string of the molecule is Cc1ccccc1OCCC(=O)OCC(=O)c1ccc2ccccc2c1. The Morgan fingerprint density at radius 3 is 2.42 bits per heavy atom. The summed E-state index contributed by atoms with van der Waals surface area (Å²) in [6.45, 7) is 1.89. The molecule has 26 heavy (non-hydrogen) atoms. The summed E-state index contributed by atoms with van der Waals surface area (Å²) >= 11 is 0. The molecule has 0 spiro atoms. The Hall–Kier alpha value is -3.14. The molecular formula is C22H20O4. The van der Waals surface area contributed by atoms with Crippen molar-refractivity contribution in [3.05, 3.63) is 77.9 Å². The van der Waals surface area contributed by atoms with Gasteiger partial charge < -0.3 is 9.47 Å². The van der Waals surface area contributed by atoms with Crippen LogP contribution in [0.5, 0.6) is 5.75 Å². The second-order valence-electron chi connectivity index (χ2n) is 6.01. The number of benzene rings is 3. The van der Waals surface area contributed by atoms with Gasteiger partial charge in [0.1, 0.15) is 5.75 Å². The first-order valence-electron chi connectivity index (χ1n) is 8.49. The van der Waals surface area contributed by atoms with Gasteiger partial charge in [0.25, 0.3) is 0 Å². The van der Waals surface area contributed by atoms with Gasteiger partial charge in [-0.15, -0.1) is 0 Å². The predicted molar refractivity (Wildman–Crippen MR) is 101 cm³/mol. The number of rotatable bonds is 7. The first-order chi connectivity index (χ1) is 12.6. The van der Waals surface area contributed by atoms with E-state index in [0.29, 0.717) is 5.56 Å². The largest absolute Gasteiger partial charge is 0.493 e. The summed E-state index contributed by atoms with van der Waals surface area (Å²) in [5, 5.41) is 2.05. The van der Waals surface area contributed by atoms with Crippen molar-refractivity contribution in [3.63, 3.8) is 0 Å². The lowest BCUT2D eigenvalue weighted by Gasteiger charge is -2.09. The molecule has 0 radical (unpaired) electrons. The van der Waals surface area contributed by atoms with E-state index in [0.717, 1.165) is 22.1 Å². The number of aryl methyl sites for hydroxylation is 1. The third-order valence-corrected chi connectivity index (χ3v) is 4.09. The Bertz CT molecular complexity index is 930. The summed E-state index contributed by atoms with van der Waals surface area (Å²) in [6, 6.07) is 20.8. The molecule has 0 aliphatic carbocycles. The molecule has 3 aromatic carbocycles. The van der Waals surface area contributed by atoms with Crippen molar-refractivity contribution < 1.29 is 19.1 Å². The first-order valence-corrected chi connectivity index (χ1v) is 8.49. The standard InChI is InChI=1S/C22H20O4/c1-16-6-2-5-9-21(16)25-13-12-22(24)26-15-20(23)19-11-10-17-7-3-4-8-18(17)14-19/h2-11,14H,12-13,15H2,1H3. The molecule has 4 nitrogen and oxygen atoms in total. The molecule has 0 unspecified atom stereocenters. The van der Waals surface area contributed by atoms with Crippen LogP contribution in [0.1, 0.15) is 22.3 Å². The van der Waals surface area contributed by atoms with Crippen LogP contribution in [0, 0.1) is 6.92 Å². The summed E-state index contributed by atoms with van der Waals surface area (Å²) in [4.78, 5) is 24.0. The molecule has 0 saturated carbocycles. The summed E-state index contributed by atoms with van der Waals surface area (Å²) in [5.74, 6) is 0.0733. The Morgan fingerprint density at radius 2 is 1.62 bits per heavy atom. The number of Topliss-reactive ketones (excluding diaryl/α,β-unsaturated/α-hetero) is 1. The van der Waals surface area contributed by atoms with Crippen LogP contribution in [0.4, 0.5) is 0 Å². The zero-order valence-corrected chi connectivity index (χ0v) is 14.6. The third kappa shape index (κ3) is 4.48. The van der Waals surface area contributed by atoms with Gasteiger partial charge in [-0.25, -0.2) is 0 Å². The maximum atomic E-state index is 12.2. The zero-order valence-electron chi connectivity index (χ0n) is 14.6. The lowest BCUT2D eigenvalue weighted by atomic mass is 10.0. The fourth-order valence-corrected chi connectivity index (χ4v) is 2.63. The molecule has 0 bridgehead atoms. The van der Waals surface area contributed by atoms with Crippen molar-refractivity contribution in [2.45, 2.75) is 13.3 Å². The summed E-state index contributed by atoms with van der Waals surface area (Å²) in [5.41, 5.74) is 1.54. The second kappa shape index (κ2) is 8.30. The van der Waals surface area contributed by atoms with Gasteiger partial charge in [-0.2, -0.15) is 0 Å². The van der Waals surface area contributed by atoms with Gasteiger partial charge in [0.2, 0.25) is 0 Å². The van der Waals surface area contributed by atoms with Crippen LogP contribution < -0.4 is 4.74 Å². The van der Waals surface area contributed by atoms with Crippen LogP contribution in [0.2, 0.25) is 0 Å². The van der Waals surface area contributed by atoms with E-state index in [2.05, 4.69) is 0 Å². The lowest BCUT2D eigenvalue weighted by molar-refractivity contribution is -0.143. The van der Waals surface area contributed by atoms with Crippen LogP contribution in [0.15, 0.2) is 66.7 Å². The fourth-order valence-electron chi connectivity index (χ4n) is 2.63. The van der Waals surface area contributed by atoms with Crippen LogP contribution in [-0.2, 0) is 9.53 Å². The van der Waals surface area contributed by atoms with Crippen molar-refractivity contribution in [2.24, 2.45) is 0 Å². The van der Waals surface area contributed by atoms with E-state index < -0.39 is 5.97 Å². The monoisotopic (exact) mass is 348 g/mol. The highest BCUT2D eigenvalue weighted by atomic mass is 16.5. The van der Waals surface area contributed by atoms with E-state index in [1.165, 1.54) is 0 Å². The molecule has 3 aromatic rings. The molecule has 0 saturated heterocycles.